The van der Waals surface area contributed by atoms with E-state index < -0.39 is 0 Å². The van der Waals surface area contributed by atoms with Crippen LogP contribution < -0.4 is 11.3 Å². The summed E-state index contributed by atoms with van der Waals surface area (Å²) in [6, 6.07) is 10.6. The van der Waals surface area contributed by atoms with E-state index in [0.29, 0.717) is 0 Å². The van der Waals surface area contributed by atoms with Gasteiger partial charge in [0, 0.05) is 25.7 Å². The molecule has 0 amide bonds. The van der Waals surface area contributed by atoms with Gasteiger partial charge in [0.25, 0.3) is 0 Å². The zero-order valence-corrected chi connectivity index (χ0v) is 10.1. The molecule has 1 heterocycles. The molecule has 1 fully saturated rings. The van der Waals surface area contributed by atoms with E-state index in [1.54, 1.807) is 0 Å². The van der Waals surface area contributed by atoms with Gasteiger partial charge in [0.05, 0.1) is 13.2 Å². The zero-order valence-electron chi connectivity index (χ0n) is 10.1. The Morgan fingerprint density at radius 2 is 1.94 bits per heavy atom. The molecule has 0 aliphatic carbocycles. The van der Waals surface area contributed by atoms with Crippen LogP contribution in [-0.4, -0.2) is 37.7 Å². The number of nitrogens with two attached hydrogens (primary N) is 1. The van der Waals surface area contributed by atoms with Crippen molar-refractivity contribution in [1.29, 1.82) is 0 Å². The lowest BCUT2D eigenvalue weighted by Gasteiger charge is -2.28. The lowest BCUT2D eigenvalue weighted by Crippen LogP contribution is -2.39. The van der Waals surface area contributed by atoms with Gasteiger partial charge in [0.2, 0.25) is 0 Å². The molecule has 3 N–H and O–H groups in total. The van der Waals surface area contributed by atoms with E-state index in [-0.39, 0.29) is 6.04 Å². The summed E-state index contributed by atoms with van der Waals surface area (Å²) in [6.45, 7) is 4.84. The molecule has 0 radical (unpaired) electrons. The summed E-state index contributed by atoms with van der Waals surface area (Å²) < 4.78 is 5.34. The Morgan fingerprint density at radius 3 is 2.59 bits per heavy atom. The average molecular weight is 235 g/mol. The van der Waals surface area contributed by atoms with Crippen molar-refractivity contribution in [3.8, 4) is 0 Å². The average Bonchev–Trinajstić information content (AvgIpc) is 2.42. The fourth-order valence-corrected chi connectivity index (χ4v) is 2.17. The van der Waals surface area contributed by atoms with Crippen molar-refractivity contribution in [3.05, 3.63) is 35.9 Å². The van der Waals surface area contributed by atoms with Crippen LogP contribution in [0.3, 0.4) is 0 Å². The highest BCUT2D eigenvalue weighted by Crippen LogP contribution is 2.16. The summed E-state index contributed by atoms with van der Waals surface area (Å²) in [7, 11) is 0. The van der Waals surface area contributed by atoms with E-state index in [1.165, 1.54) is 5.56 Å². The molecule has 1 saturated heterocycles. The lowest BCUT2D eigenvalue weighted by atomic mass is 10.0. The molecule has 1 atom stereocenters. The minimum Gasteiger partial charge on any atom is -0.379 e. The van der Waals surface area contributed by atoms with Crippen molar-refractivity contribution in [2.75, 3.05) is 32.8 Å². The summed E-state index contributed by atoms with van der Waals surface area (Å²) in [5.41, 5.74) is 4.15. The van der Waals surface area contributed by atoms with Gasteiger partial charge in [-0.2, -0.15) is 0 Å². The van der Waals surface area contributed by atoms with Gasteiger partial charge in [-0.25, -0.2) is 0 Å². The number of hydrogen-bond donors (Lipinski definition) is 2. The van der Waals surface area contributed by atoms with E-state index in [1.807, 2.05) is 6.07 Å². The van der Waals surface area contributed by atoms with E-state index in [2.05, 4.69) is 34.6 Å². The Hall–Kier alpha value is -0.940. The standard InChI is InChI=1S/C13H21N3O/c14-15-13(12-4-2-1-3-5-12)6-7-16-8-10-17-11-9-16/h1-5,13,15H,6-11,14H2/t13-/m1/s1. The highest BCUT2D eigenvalue weighted by Gasteiger charge is 2.14. The fourth-order valence-electron chi connectivity index (χ4n) is 2.17. The van der Waals surface area contributed by atoms with Gasteiger partial charge < -0.3 is 4.74 Å². The Morgan fingerprint density at radius 1 is 1.24 bits per heavy atom. The quantitative estimate of drug-likeness (QED) is 0.588. The molecular weight excluding hydrogens is 214 g/mol. The van der Waals surface area contributed by atoms with Crippen LogP contribution in [0, 0.1) is 0 Å². The van der Waals surface area contributed by atoms with Crippen LogP contribution in [-0.2, 0) is 4.74 Å². The fraction of sp³-hybridized carbons (Fsp3) is 0.538. The molecule has 4 nitrogen and oxygen atoms in total. The largest absolute Gasteiger partial charge is 0.379 e. The number of benzene rings is 1. The Labute approximate surface area is 103 Å². The van der Waals surface area contributed by atoms with E-state index >= 15 is 0 Å². The zero-order chi connectivity index (χ0) is 11.9. The predicted molar refractivity (Wildman–Crippen MR) is 68.4 cm³/mol. The van der Waals surface area contributed by atoms with Crippen LogP contribution in [0.2, 0.25) is 0 Å². The molecule has 17 heavy (non-hydrogen) atoms. The van der Waals surface area contributed by atoms with E-state index in [4.69, 9.17) is 10.6 Å². The molecular formula is C13H21N3O. The van der Waals surface area contributed by atoms with Crippen LogP contribution in [0.1, 0.15) is 18.0 Å². The van der Waals surface area contributed by atoms with Crippen LogP contribution in [0.25, 0.3) is 0 Å². The van der Waals surface area contributed by atoms with E-state index in [0.717, 1.165) is 39.3 Å². The molecule has 0 spiro atoms. The smallest absolute Gasteiger partial charge is 0.0594 e. The Balaban J connectivity index is 1.83. The first-order valence-electron chi connectivity index (χ1n) is 6.21. The Bertz CT molecular complexity index is 312. The third-order valence-electron chi connectivity index (χ3n) is 3.24. The van der Waals surface area contributed by atoms with Crippen LogP contribution in [0.4, 0.5) is 0 Å². The van der Waals surface area contributed by atoms with Crippen molar-refractivity contribution in [2.45, 2.75) is 12.5 Å². The summed E-state index contributed by atoms with van der Waals surface area (Å²) >= 11 is 0. The van der Waals surface area contributed by atoms with Gasteiger partial charge in [-0.05, 0) is 12.0 Å². The van der Waals surface area contributed by atoms with Crippen molar-refractivity contribution in [2.24, 2.45) is 5.84 Å². The van der Waals surface area contributed by atoms with Crippen molar-refractivity contribution in [3.63, 3.8) is 0 Å². The first kappa shape index (κ1) is 12.5. The maximum Gasteiger partial charge on any atom is 0.0594 e. The summed E-state index contributed by atoms with van der Waals surface area (Å²) in [5.74, 6) is 5.63. The second-order valence-electron chi connectivity index (χ2n) is 4.37. The van der Waals surface area contributed by atoms with Crippen LogP contribution in [0.5, 0.6) is 0 Å². The minimum atomic E-state index is 0.235. The maximum atomic E-state index is 5.63. The maximum absolute atomic E-state index is 5.63. The molecule has 2 rings (SSSR count). The molecule has 1 aliphatic rings. The van der Waals surface area contributed by atoms with Gasteiger partial charge in [-0.3, -0.25) is 16.2 Å². The molecule has 1 aromatic carbocycles. The summed E-state index contributed by atoms with van der Waals surface area (Å²) in [4.78, 5) is 2.43. The second kappa shape index (κ2) is 6.71. The number of rotatable bonds is 5. The van der Waals surface area contributed by atoms with Crippen molar-refractivity contribution >= 4 is 0 Å². The number of hydrazine groups is 1. The minimum absolute atomic E-state index is 0.235. The van der Waals surface area contributed by atoms with Crippen LogP contribution >= 0.6 is 0 Å². The number of ether oxygens (including phenoxy) is 1. The molecule has 0 saturated carbocycles. The number of morpholine rings is 1. The molecule has 0 unspecified atom stereocenters. The Kier molecular flexibility index (Phi) is 4.94. The number of nitrogens with zero attached hydrogens (tertiary/aromatic N) is 1. The highest BCUT2D eigenvalue weighted by atomic mass is 16.5. The van der Waals surface area contributed by atoms with Gasteiger partial charge >= 0.3 is 0 Å². The van der Waals surface area contributed by atoms with Gasteiger partial charge in [0.1, 0.15) is 0 Å². The van der Waals surface area contributed by atoms with Crippen molar-refractivity contribution in [1.82, 2.24) is 10.3 Å². The predicted octanol–water partition coefficient (Wildman–Crippen LogP) is 0.913. The lowest BCUT2D eigenvalue weighted by molar-refractivity contribution is 0.0361. The summed E-state index contributed by atoms with van der Waals surface area (Å²) in [5, 5.41) is 0. The number of nitrogens with one attached hydrogen (secondary N) is 1. The topological polar surface area (TPSA) is 50.5 Å². The summed E-state index contributed by atoms with van der Waals surface area (Å²) in [6.07, 6.45) is 1.03. The first-order valence-corrected chi connectivity index (χ1v) is 6.21. The van der Waals surface area contributed by atoms with E-state index in [9.17, 15) is 0 Å². The molecule has 1 aromatic rings. The van der Waals surface area contributed by atoms with Gasteiger partial charge in [-0.15, -0.1) is 0 Å². The number of hydrogen-bond acceptors (Lipinski definition) is 4. The third kappa shape index (κ3) is 3.78. The second-order valence-corrected chi connectivity index (χ2v) is 4.37. The monoisotopic (exact) mass is 235 g/mol. The molecule has 1 aliphatic heterocycles. The molecule has 4 heteroatoms. The first-order chi connectivity index (χ1) is 8.40. The van der Waals surface area contributed by atoms with Crippen molar-refractivity contribution < 1.29 is 4.74 Å². The van der Waals surface area contributed by atoms with Crippen LogP contribution in [0.15, 0.2) is 30.3 Å². The molecule has 94 valence electrons. The normalized spacial score (nSPS) is 19.1. The molecule has 0 aromatic heterocycles. The molecule has 0 bridgehead atoms. The van der Waals surface area contributed by atoms with Gasteiger partial charge in [0.15, 0.2) is 0 Å². The SMILES string of the molecule is NN[C@H](CCN1CCOCC1)c1ccccc1. The van der Waals surface area contributed by atoms with Gasteiger partial charge in [-0.1, -0.05) is 30.3 Å². The third-order valence-corrected chi connectivity index (χ3v) is 3.24. The highest BCUT2D eigenvalue weighted by molar-refractivity contribution is 5.18.